The van der Waals surface area contributed by atoms with E-state index in [1.165, 1.54) is 79.1 Å². The molecule has 7 heteroatoms. The van der Waals surface area contributed by atoms with Crippen LogP contribution in [0.5, 0.6) is 0 Å². The maximum absolute atomic E-state index is 12.0. The summed E-state index contributed by atoms with van der Waals surface area (Å²) in [5, 5.41) is 10.5. The van der Waals surface area contributed by atoms with Crippen molar-refractivity contribution in [2.75, 3.05) is 14.3 Å². The number of carbonyl (C=O) groups is 3. The molecule has 2 rings (SSSR count). The topological polar surface area (TPSA) is 86.7 Å². The van der Waals surface area contributed by atoms with E-state index in [0.717, 1.165) is 23.4 Å². The third kappa shape index (κ3) is 10.0. The Morgan fingerprint density at radius 3 is 2.09 bits per heavy atom. The molecule has 0 atom stereocenters. The Morgan fingerprint density at radius 1 is 0.909 bits per heavy atom. The number of nitrogens with one attached hydrogen (secondary N) is 1. The van der Waals surface area contributed by atoms with Gasteiger partial charge in [0.05, 0.1) is 0 Å². The number of para-hydroxylation sites is 1. The summed E-state index contributed by atoms with van der Waals surface area (Å²) in [5.74, 6) is -1.69. The van der Waals surface area contributed by atoms with E-state index in [9.17, 15) is 19.5 Å². The minimum absolute atomic E-state index is 0.0973. The fourth-order valence-corrected chi connectivity index (χ4v) is 6.59. The van der Waals surface area contributed by atoms with Crippen molar-refractivity contribution in [2.24, 2.45) is 0 Å². The number of hydrogen-bond donors (Lipinski definition) is 2. The van der Waals surface area contributed by atoms with Crippen LogP contribution in [-0.4, -0.2) is 36.8 Å². The molecular formula is C26H40IN2O4-. The van der Waals surface area contributed by atoms with Gasteiger partial charge in [-0.15, -0.1) is 0 Å². The van der Waals surface area contributed by atoms with Crippen molar-refractivity contribution in [3.8, 4) is 0 Å². The van der Waals surface area contributed by atoms with Crippen molar-refractivity contribution < 1.29 is 40.7 Å². The summed E-state index contributed by atoms with van der Waals surface area (Å²) in [6.07, 6.45) is 15.8. The number of anilines is 1. The fourth-order valence-electron chi connectivity index (χ4n) is 4.05. The van der Waals surface area contributed by atoms with Crippen LogP contribution in [0.1, 0.15) is 106 Å². The van der Waals surface area contributed by atoms with Crippen LogP contribution in [0.15, 0.2) is 18.2 Å². The van der Waals surface area contributed by atoms with Gasteiger partial charge in [0, 0.05) is 0 Å². The molecule has 1 saturated heterocycles. The van der Waals surface area contributed by atoms with Crippen LogP contribution in [-0.2, 0) is 16.0 Å². The Kier molecular flexibility index (Phi) is 13.4. The van der Waals surface area contributed by atoms with Gasteiger partial charge in [-0.3, -0.25) is 0 Å². The van der Waals surface area contributed by atoms with Gasteiger partial charge in [0.1, 0.15) is 0 Å². The molecule has 1 aromatic rings. The molecule has 1 aromatic carbocycles. The summed E-state index contributed by atoms with van der Waals surface area (Å²) in [6.45, 7) is 2.26. The number of carboxylic acid groups (broad SMARTS) is 1. The number of alkyl halides is 2. The van der Waals surface area contributed by atoms with E-state index in [1.807, 2.05) is 6.07 Å². The second-order valence-corrected chi connectivity index (χ2v) is 12.0. The molecule has 1 aliphatic heterocycles. The maximum atomic E-state index is 12.0. The molecule has 0 aliphatic carbocycles. The van der Waals surface area contributed by atoms with Crippen molar-refractivity contribution in [1.82, 2.24) is 5.01 Å². The summed E-state index contributed by atoms with van der Waals surface area (Å²) in [7, 11) is 0. The number of hydrazine groups is 1. The van der Waals surface area contributed by atoms with Gasteiger partial charge in [0.15, 0.2) is 0 Å². The standard InChI is InChI=1S/C26H40IN2O4/c1-2-3-4-5-6-7-8-9-10-11-19-27-20-13-15-21-14-12-16-22(26(32)33)25(21)28-29-23(30)17-18-24(29)31/h12,14,16,28H,2-11,13,15,17-20H2,1H3,(H,32,33)/q-1. The van der Waals surface area contributed by atoms with Crippen molar-refractivity contribution in [2.45, 2.75) is 96.8 Å². The Morgan fingerprint density at radius 2 is 1.48 bits per heavy atom. The number of carboxylic acids is 1. The zero-order chi connectivity index (χ0) is 23.9. The number of rotatable bonds is 18. The number of nitrogens with zero attached hydrogens (tertiary/aromatic N) is 1. The molecule has 2 N–H and O–H groups in total. The van der Waals surface area contributed by atoms with E-state index >= 15 is 0 Å². The fraction of sp³-hybridized carbons (Fsp3) is 0.654. The van der Waals surface area contributed by atoms with Crippen LogP contribution in [0.25, 0.3) is 0 Å². The molecule has 2 amide bonds. The van der Waals surface area contributed by atoms with Crippen LogP contribution in [0.4, 0.5) is 5.69 Å². The second-order valence-electron chi connectivity index (χ2n) is 8.73. The molecular weight excluding hydrogens is 531 g/mol. The predicted molar refractivity (Wildman–Crippen MR) is 128 cm³/mol. The predicted octanol–water partition coefficient (Wildman–Crippen LogP) is 2.80. The van der Waals surface area contributed by atoms with E-state index in [1.54, 1.807) is 6.07 Å². The van der Waals surface area contributed by atoms with Crippen molar-refractivity contribution in [3.05, 3.63) is 29.3 Å². The summed E-state index contributed by atoms with van der Waals surface area (Å²) in [4.78, 5) is 35.6. The molecule has 186 valence electrons. The number of amides is 2. The first-order chi connectivity index (χ1) is 16.0. The SMILES string of the molecule is CCCCCCCCCCCC[I-]CCCc1cccc(C(=O)O)c1NN1C(=O)CCC1=O. The van der Waals surface area contributed by atoms with E-state index < -0.39 is 5.97 Å². The quantitative estimate of drug-likeness (QED) is 0.123. The average molecular weight is 572 g/mol. The zero-order valence-electron chi connectivity index (χ0n) is 20.0. The Bertz CT molecular complexity index is 753. The van der Waals surface area contributed by atoms with E-state index in [0.29, 0.717) is 5.69 Å². The van der Waals surface area contributed by atoms with Crippen LogP contribution in [0.3, 0.4) is 0 Å². The number of unbranched alkanes of at least 4 members (excludes halogenated alkanes) is 9. The van der Waals surface area contributed by atoms with Gasteiger partial charge in [-0.25, -0.2) is 0 Å². The molecule has 0 spiro atoms. The van der Waals surface area contributed by atoms with E-state index in [-0.39, 0.29) is 51.4 Å². The number of imide groups is 1. The Balaban J connectivity index is 1.66. The number of halogens is 1. The monoisotopic (exact) mass is 571 g/mol. The van der Waals surface area contributed by atoms with Gasteiger partial charge in [0.2, 0.25) is 0 Å². The minimum atomic E-state index is -1.06. The molecule has 0 bridgehead atoms. The molecule has 0 unspecified atom stereocenters. The van der Waals surface area contributed by atoms with Crippen LogP contribution >= 0.6 is 0 Å². The first kappa shape index (κ1) is 27.6. The first-order valence-corrected chi connectivity index (χ1v) is 15.6. The molecule has 33 heavy (non-hydrogen) atoms. The van der Waals surface area contributed by atoms with Gasteiger partial charge >= 0.3 is 210 Å². The second kappa shape index (κ2) is 16.1. The zero-order valence-corrected chi connectivity index (χ0v) is 22.2. The summed E-state index contributed by atoms with van der Waals surface area (Å²) in [6, 6.07) is 5.13. The van der Waals surface area contributed by atoms with Crippen LogP contribution < -0.4 is 26.6 Å². The number of benzene rings is 1. The molecule has 6 nitrogen and oxygen atoms in total. The van der Waals surface area contributed by atoms with E-state index in [2.05, 4.69) is 12.3 Å². The first-order valence-electron chi connectivity index (χ1n) is 12.6. The Labute approximate surface area is 209 Å². The summed E-state index contributed by atoms with van der Waals surface area (Å²) < 4.78 is 2.56. The average Bonchev–Trinajstić information content (AvgIpc) is 3.12. The normalized spacial score (nSPS) is 13.8. The molecule has 1 aliphatic rings. The van der Waals surface area contributed by atoms with Gasteiger partial charge in [-0.05, 0) is 0 Å². The summed E-state index contributed by atoms with van der Waals surface area (Å²) >= 11 is 0.176. The molecule has 0 saturated carbocycles. The van der Waals surface area contributed by atoms with Crippen LogP contribution in [0.2, 0.25) is 0 Å². The molecule has 1 heterocycles. The van der Waals surface area contributed by atoms with Gasteiger partial charge in [-0.2, -0.15) is 0 Å². The van der Waals surface area contributed by atoms with Crippen molar-refractivity contribution in [3.63, 3.8) is 0 Å². The third-order valence-corrected chi connectivity index (χ3v) is 9.04. The number of aryl methyl sites for hydroxylation is 1. The van der Waals surface area contributed by atoms with Crippen molar-refractivity contribution in [1.29, 1.82) is 0 Å². The van der Waals surface area contributed by atoms with Gasteiger partial charge in [0.25, 0.3) is 0 Å². The Hall–Kier alpha value is -1.64. The number of hydrogen-bond acceptors (Lipinski definition) is 4. The van der Waals surface area contributed by atoms with Crippen LogP contribution in [0, 0.1) is 0 Å². The summed E-state index contributed by atoms with van der Waals surface area (Å²) in [5.41, 5.74) is 4.15. The molecule has 1 fully saturated rings. The van der Waals surface area contributed by atoms with Crippen molar-refractivity contribution >= 4 is 23.5 Å². The van der Waals surface area contributed by atoms with Gasteiger partial charge < -0.3 is 0 Å². The molecule has 0 radical (unpaired) electrons. The number of carbonyl (C=O) groups excluding carboxylic acids is 2. The third-order valence-electron chi connectivity index (χ3n) is 5.99. The molecule has 0 aromatic heterocycles. The van der Waals surface area contributed by atoms with E-state index in [4.69, 9.17) is 0 Å². The van der Waals surface area contributed by atoms with Gasteiger partial charge in [-0.1, -0.05) is 0 Å². The number of aromatic carboxylic acids is 1.